The molecular formula is C14H15IN2S. The van der Waals surface area contributed by atoms with Crippen molar-refractivity contribution in [2.24, 2.45) is 11.8 Å². The lowest BCUT2D eigenvalue weighted by Crippen LogP contribution is -2.29. The summed E-state index contributed by atoms with van der Waals surface area (Å²) >= 11 is 4.14. The minimum absolute atomic E-state index is 0.287. The highest BCUT2D eigenvalue weighted by atomic mass is 127. The van der Waals surface area contributed by atoms with E-state index in [4.69, 9.17) is 5.84 Å². The van der Waals surface area contributed by atoms with Gasteiger partial charge in [0, 0.05) is 0 Å². The molecule has 3 N–H and O–H groups in total. The van der Waals surface area contributed by atoms with Crippen LogP contribution in [0, 0.1) is 8.80 Å². The van der Waals surface area contributed by atoms with E-state index in [9.17, 15) is 0 Å². The van der Waals surface area contributed by atoms with Gasteiger partial charge in [0.1, 0.15) is 0 Å². The lowest BCUT2D eigenvalue weighted by molar-refractivity contribution is 0.488. The molecule has 1 aliphatic carbocycles. The molecule has 0 spiro atoms. The summed E-state index contributed by atoms with van der Waals surface area (Å²) in [6.45, 7) is 0. The third-order valence-electron chi connectivity index (χ3n) is 3.62. The molecule has 1 heterocycles. The van der Waals surface area contributed by atoms with Crippen molar-refractivity contribution in [3.63, 3.8) is 0 Å². The number of hydrogen-bond acceptors (Lipinski definition) is 3. The predicted octanol–water partition coefficient (Wildman–Crippen LogP) is 3.66. The summed E-state index contributed by atoms with van der Waals surface area (Å²) in [6.07, 6.45) is 1.23. The first-order valence-corrected chi connectivity index (χ1v) is 8.00. The zero-order valence-corrected chi connectivity index (χ0v) is 12.8. The molecule has 1 fully saturated rings. The lowest BCUT2D eigenvalue weighted by atomic mass is 10.0. The monoisotopic (exact) mass is 370 g/mol. The Labute approximate surface area is 125 Å². The normalized spacial score (nSPS) is 23.9. The van der Waals surface area contributed by atoms with Crippen LogP contribution >= 0.6 is 33.9 Å². The molecule has 1 aromatic carbocycles. The molecule has 0 amide bonds. The van der Waals surface area contributed by atoms with Crippen molar-refractivity contribution in [3.05, 3.63) is 55.8 Å². The van der Waals surface area contributed by atoms with E-state index in [0.717, 1.165) is 0 Å². The Morgan fingerprint density at radius 3 is 2.72 bits per heavy atom. The highest BCUT2D eigenvalue weighted by Gasteiger charge is 2.44. The Hall–Kier alpha value is -0.430. The summed E-state index contributed by atoms with van der Waals surface area (Å²) in [5.41, 5.74) is 5.76. The van der Waals surface area contributed by atoms with Crippen molar-refractivity contribution in [1.82, 2.24) is 5.43 Å². The van der Waals surface area contributed by atoms with Crippen molar-refractivity contribution in [2.75, 3.05) is 0 Å². The van der Waals surface area contributed by atoms with Gasteiger partial charge in [-0.2, -0.15) is 0 Å². The van der Waals surface area contributed by atoms with E-state index in [1.807, 2.05) is 0 Å². The Kier molecular flexibility index (Phi) is 3.70. The van der Waals surface area contributed by atoms with Crippen LogP contribution in [-0.2, 0) is 0 Å². The molecule has 0 saturated heterocycles. The summed E-state index contributed by atoms with van der Waals surface area (Å²) in [6, 6.07) is 13.3. The van der Waals surface area contributed by atoms with E-state index in [-0.39, 0.29) is 6.04 Å². The third kappa shape index (κ3) is 2.47. The minimum atomic E-state index is 0.287. The maximum absolute atomic E-state index is 5.75. The fourth-order valence-corrected chi connectivity index (χ4v) is 4.03. The SMILES string of the molecule is NNC(c1csc(I)c1)C1CC1c1ccccc1. The first kappa shape index (κ1) is 12.6. The largest absolute Gasteiger partial charge is 0.271 e. The average Bonchev–Trinajstić information content (AvgIpc) is 3.07. The van der Waals surface area contributed by atoms with Gasteiger partial charge < -0.3 is 0 Å². The van der Waals surface area contributed by atoms with Gasteiger partial charge in [0.05, 0.1) is 8.93 Å². The van der Waals surface area contributed by atoms with E-state index in [1.165, 1.54) is 20.4 Å². The zero-order valence-electron chi connectivity index (χ0n) is 9.84. The molecule has 0 bridgehead atoms. The zero-order chi connectivity index (χ0) is 12.5. The summed E-state index contributed by atoms with van der Waals surface area (Å²) in [7, 11) is 0. The van der Waals surface area contributed by atoms with Crippen molar-refractivity contribution >= 4 is 33.9 Å². The standard InChI is InChI=1S/C14H15IN2S/c15-13-6-10(8-18-13)14(17-16)12-7-11(12)9-4-2-1-3-5-9/h1-6,8,11-12,14,17H,7,16H2. The number of hydrazine groups is 1. The number of benzene rings is 1. The van der Waals surface area contributed by atoms with Crippen LogP contribution in [0.2, 0.25) is 0 Å². The smallest absolute Gasteiger partial charge is 0.0656 e. The molecule has 1 aliphatic rings. The van der Waals surface area contributed by atoms with E-state index in [0.29, 0.717) is 11.8 Å². The van der Waals surface area contributed by atoms with Crippen molar-refractivity contribution in [3.8, 4) is 0 Å². The number of halogens is 1. The van der Waals surface area contributed by atoms with Crippen LogP contribution in [0.1, 0.15) is 29.5 Å². The topological polar surface area (TPSA) is 38.0 Å². The summed E-state index contributed by atoms with van der Waals surface area (Å²) in [5.74, 6) is 7.03. The highest BCUT2D eigenvalue weighted by molar-refractivity contribution is 14.1. The molecule has 1 aromatic heterocycles. The minimum Gasteiger partial charge on any atom is -0.271 e. The van der Waals surface area contributed by atoms with Gasteiger partial charge in [-0.15, -0.1) is 11.3 Å². The average molecular weight is 370 g/mol. The van der Waals surface area contributed by atoms with Gasteiger partial charge in [0.25, 0.3) is 0 Å². The second kappa shape index (κ2) is 5.28. The van der Waals surface area contributed by atoms with Crippen molar-refractivity contribution in [2.45, 2.75) is 18.4 Å². The van der Waals surface area contributed by atoms with Crippen LogP contribution in [0.4, 0.5) is 0 Å². The molecule has 3 atom stereocenters. The van der Waals surface area contributed by atoms with Crippen LogP contribution in [0.15, 0.2) is 41.8 Å². The lowest BCUT2D eigenvalue weighted by Gasteiger charge is -2.14. The quantitative estimate of drug-likeness (QED) is 0.490. The van der Waals surface area contributed by atoms with Crippen LogP contribution in [-0.4, -0.2) is 0 Å². The van der Waals surface area contributed by atoms with Crippen molar-refractivity contribution in [1.29, 1.82) is 0 Å². The number of hydrogen-bond donors (Lipinski definition) is 2. The van der Waals surface area contributed by atoms with E-state index >= 15 is 0 Å². The number of thiophene rings is 1. The van der Waals surface area contributed by atoms with Gasteiger partial charge in [-0.1, -0.05) is 30.3 Å². The van der Waals surface area contributed by atoms with Crippen molar-refractivity contribution < 1.29 is 0 Å². The van der Waals surface area contributed by atoms with Crippen LogP contribution in [0.25, 0.3) is 0 Å². The highest BCUT2D eigenvalue weighted by Crippen LogP contribution is 2.54. The van der Waals surface area contributed by atoms with Gasteiger partial charge in [-0.05, 0) is 63.4 Å². The van der Waals surface area contributed by atoms with Crippen LogP contribution in [0.3, 0.4) is 0 Å². The van der Waals surface area contributed by atoms with Gasteiger partial charge in [-0.25, -0.2) is 0 Å². The molecule has 3 rings (SSSR count). The van der Waals surface area contributed by atoms with Gasteiger partial charge in [0.2, 0.25) is 0 Å². The first-order chi connectivity index (χ1) is 8.79. The first-order valence-electron chi connectivity index (χ1n) is 6.04. The maximum atomic E-state index is 5.75. The number of nitrogens with one attached hydrogen (secondary N) is 1. The molecule has 2 aromatic rings. The van der Waals surface area contributed by atoms with E-state index in [1.54, 1.807) is 11.3 Å². The van der Waals surface area contributed by atoms with Crippen LogP contribution < -0.4 is 11.3 Å². The van der Waals surface area contributed by atoms with E-state index in [2.05, 4.69) is 69.8 Å². The molecule has 2 nitrogen and oxygen atoms in total. The summed E-state index contributed by atoms with van der Waals surface area (Å²) < 4.78 is 1.32. The Morgan fingerprint density at radius 1 is 1.33 bits per heavy atom. The molecule has 0 aliphatic heterocycles. The second-order valence-electron chi connectivity index (χ2n) is 4.75. The Balaban J connectivity index is 1.76. The molecule has 4 heteroatoms. The van der Waals surface area contributed by atoms with Gasteiger partial charge in [0.15, 0.2) is 0 Å². The molecule has 94 valence electrons. The molecule has 0 radical (unpaired) electrons. The maximum Gasteiger partial charge on any atom is 0.0656 e. The number of nitrogens with two attached hydrogens (primary N) is 1. The Morgan fingerprint density at radius 2 is 2.11 bits per heavy atom. The second-order valence-corrected chi connectivity index (χ2v) is 7.55. The van der Waals surface area contributed by atoms with E-state index < -0.39 is 0 Å². The van der Waals surface area contributed by atoms with Crippen LogP contribution in [0.5, 0.6) is 0 Å². The molecule has 3 unspecified atom stereocenters. The van der Waals surface area contributed by atoms with Gasteiger partial charge in [-0.3, -0.25) is 11.3 Å². The summed E-state index contributed by atoms with van der Waals surface area (Å²) in [4.78, 5) is 0. The number of rotatable bonds is 4. The third-order valence-corrected chi connectivity index (χ3v) is 5.43. The molecular weight excluding hydrogens is 355 g/mol. The van der Waals surface area contributed by atoms with Gasteiger partial charge >= 0.3 is 0 Å². The summed E-state index contributed by atoms with van der Waals surface area (Å²) in [5, 5.41) is 2.21. The fourth-order valence-electron chi connectivity index (χ4n) is 2.62. The predicted molar refractivity (Wildman–Crippen MR) is 84.4 cm³/mol. The Bertz CT molecular complexity index is 526. The molecule has 18 heavy (non-hydrogen) atoms. The fraction of sp³-hybridized carbons (Fsp3) is 0.286. The molecule has 1 saturated carbocycles.